The van der Waals surface area contributed by atoms with Gasteiger partial charge >= 0.3 is 0 Å². The van der Waals surface area contributed by atoms with Gasteiger partial charge in [-0.2, -0.15) is 16.3 Å². The molecule has 0 spiro atoms. The van der Waals surface area contributed by atoms with E-state index in [4.69, 9.17) is 4.52 Å². The predicted octanol–water partition coefficient (Wildman–Crippen LogP) is 3.42. The molecule has 0 saturated carbocycles. The minimum Gasteiger partial charge on any atom is -0.338 e. The van der Waals surface area contributed by atoms with Crippen molar-refractivity contribution in [2.45, 2.75) is 45.2 Å². The van der Waals surface area contributed by atoms with Gasteiger partial charge in [-0.05, 0) is 48.2 Å². The molecule has 3 heterocycles. The van der Waals surface area contributed by atoms with E-state index in [9.17, 15) is 0 Å². The van der Waals surface area contributed by atoms with E-state index in [1.54, 1.807) is 11.3 Å². The first-order chi connectivity index (χ1) is 9.36. The number of hydrogen-bond acceptors (Lipinski definition) is 5. The zero-order chi connectivity index (χ0) is 13.1. The van der Waals surface area contributed by atoms with Gasteiger partial charge in [0, 0.05) is 12.5 Å². The van der Waals surface area contributed by atoms with Crippen molar-refractivity contribution in [1.29, 1.82) is 0 Å². The van der Waals surface area contributed by atoms with Gasteiger partial charge in [0.2, 0.25) is 5.89 Å². The van der Waals surface area contributed by atoms with E-state index in [2.05, 4.69) is 38.8 Å². The summed E-state index contributed by atoms with van der Waals surface area (Å²) in [7, 11) is 0. The first-order valence-electron chi connectivity index (χ1n) is 6.94. The number of hydrogen-bond donors (Lipinski definition) is 0. The number of likely N-dealkylation sites (tertiary alicyclic amines) is 1. The Morgan fingerprint density at radius 3 is 3.26 bits per heavy atom. The quantitative estimate of drug-likeness (QED) is 0.840. The summed E-state index contributed by atoms with van der Waals surface area (Å²) >= 11 is 1.77. The van der Waals surface area contributed by atoms with Crippen molar-refractivity contribution in [3.63, 3.8) is 0 Å². The monoisotopic (exact) mass is 277 g/mol. The Bertz CT molecular complexity index is 509. The van der Waals surface area contributed by atoms with E-state index < -0.39 is 0 Å². The second-order valence-electron chi connectivity index (χ2n) is 5.04. The summed E-state index contributed by atoms with van der Waals surface area (Å²) in [5.74, 6) is 1.59. The van der Waals surface area contributed by atoms with Crippen molar-refractivity contribution < 1.29 is 4.52 Å². The van der Waals surface area contributed by atoms with Gasteiger partial charge in [-0.3, -0.25) is 4.90 Å². The fourth-order valence-electron chi connectivity index (χ4n) is 2.71. The lowest BCUT2D eigenvalue weighted by molar-refractivity contribution is 0.212. The molecule has 0 N–H and O–H groups in total. The largest absolute Gasteiger partial charge is 0.338 e. The molecule has 19 heavy (non-hydrogen) atoms. The van der Waals surface area contributed by atoms with Gasteiger partial charge in [0.25, 0.3) is 0 Å². The van der Waals surface area contributed by atoms with E-state index in [1.807, 2.05) is 0 Å². The van der Waals surface area contributed by atoms with Crippen LogP contribution in [0.5, 0.6) is 0 Å². The molecule has 2 aromatic heterocycles. The highest BCUT2D eigenvalue weighted by molar-refractivity contribution is 7.07. The van der Waals surface area contributed by atoms with E-state index in [1.165, 1.54) is 18.4 Å². The van der Waals surface area contributed by atoms with Crippen LogP contribution in [0.15, 0.2) is 21.3 Å². The Labute approximate surface area is 117 Å². The molecular weight excluding hydrogens is 258 g/mol. The summed E-state index contributed by atoms with van der Waals surface area (Å²) in [6.07, 6.45) is 4.43. The van der Waals surface area contributed by atoms with Crippen LogP contribution in [0.2, 0.25) is 0 Å². The lowest BCUT2D eigenvalue weighted by Gasteiger charge is -2.21. The molecule has 102 valence electrons. The second-order valence-corrected chi connectivity index (χ2v) is 5.82. The average Bonchev–Trinajstić information content (AvgIpc) is 3.11. The summed E-state index contributed by atoms with van der Waals surface area (Å²) in [6, 6.07) is 2.75. The van der Waals surface area contributed by atoms with Crippen LogP contribution < -0.4 is 0 Å². The highest BCUT2D eigenvalue weighted by Crippen LogP contribution is 2.33. The van der Waals surface area contributed by atoms with Crippen LogP contribution in [0.4, 0.5) is 0 Å². The molecule has 3 rings (SSSR count). The molecule has 1 aliphatic heterocycles. The first kappa shape index (κ1) is 12.8. The van der Waals surface area contributed by atoms with Crippen LogP contribution in [0.3, 0.4) is 0 Å². The van der Waals surface area contributed by atoms with Gasteiger partial charge in [0.05, 0.1) is 6.54 Å². The zero-order valence-electron chi connectivity index (χ0n) is 11.2. The third-order valence-electron chi connectivity index (χ3n) is 3.61. The normalized spacial score (nSPS) is 20.2. The summed E-state index contributed by atoms with van der Waals surface area (Å²) < 4.78 is 5.34. The van der Waals surface area contributed by atoms with Crippen LogP contribution in [0.25, 0.3) is 0 Å². The van der Waals surface area contributed by atoms with Crippen LogP contribution in [0, 0.1) is 0 Å². The Morgan fingerprint density at radius 2 is 2.47 bits per heavy atom. The molecule has 0 amide bonds. The minimum atomic E-state index is 0.521. The lowest BCUT2D eigenvalue weighted by atomic mass is 10.1. The first-order valence-corrected chi connectivity index (χ1v) is 7.88. The maximum Gasteiger partial charge on any atom is 0.240 e. The molecule has 0 bridgehead atoms. The summed E-state index contributed by atoms with van der Waals surface area (Å²) in [6.45, 7) is 4.02. The molecule has 5 heteroatoms. The molecule has 0 radical (unpaired) electrons. The van der Waals surface area contributed by atoms with E-state index in [0.29, 0.717) is 6.04 Å². The second kappa shape index (κ2) is 5.84. The molecule has 0 aromatic carbocycles. The minimum absolute atomic E-state index is 0.521. The lowest BCUT2D eigenvalue weighted by Crippen LogP contribution is -2.22. The Kier molecular flexibility index (Phi) is 3.94. The Balaban J connectivity index is 1.67. The van der Waals surface area contributed by atoms with E-state index in [-0.39, 0.29) is 0 Å². The number of rotatable bonds is 5. The maximum absolute atomic E-state index is 5.34. The van der Waals surface area contributed by atoms with Crippen molar-refractivity contribution in [3.05, 3.63) is 34.1 Å². The molecule has 1 fully saturated rings. The van der Waals surface area contributed by atoms with E-state index in [0.717, 1.165) is 37.6 Å². The fraction of sp³-hybridized carbons (Fsp3) is 0.571. The smallest absolute Gasteiger partial charge is 0.240 e. The van der Waals surface area contributed by atoms with Crippen molar-refractivity contribution in [1.82, 2.24) is 15.0 Å². The van der Waals surface area contributed by atoms with Gasteiger partial charge in [0.1, 0.15) is 0 Å². The topological polar surface area (TPSA) is 42.2 Å². The summed E-state index contributed by atoms with van der Waals surface area (Å²) in [5.41, 5.74) is 1.43. The average molecular weight is 277 g/mol. The fourth-order valence-corrected chi connectivity index (χ4v) is 3.42. The Hall–Kier alpha value is -1.20. The SMILES string of the molecule is CCCc1noc(CN2CCC[C@H]2c2ccsc2)n1. The number of nitrogens with zero attached hydrogens (tertiary/aromatic N) is 3. The highest BCUT2D eigenvalue weighted by atomic mass is 32.1. The highest BCUT2D eigenvalue weighted by Gasteiger charge is 2.27. The molecule has 1 aliphatic rings. The van der Waals surface area contributed by atoms with Crippen molar-refractivity contribution in [3.8, 4) is 0 Å². The number of aryl methyl sites for hydroxylation is 1. The molecule has 0 unspecified atom stereocenters. The molecule has 0 aliphatic carbocycles. The third kappa shape index (κ3) is 2.87. The molecular formula is C14H19N3OS. The van der Waals surface area contributed by atoms with Gasteiger partial charge in [-0.1, -0.05) is 12.1 Å². The molecule has 4 nitrogen and oxygen atoms in total. The van der Waals surface area contributed by atoms with Crippen LogP contribution in [0.1, 0.15) is 49.5 Å². The van der Waals surface area contributed by atoms with Gasteiger partial charge < -0.3 is 4.52 Å². The van der Waals surface area contributed by atoms with E-state index >= 15 is 0 Å². The van der Waals surface area contributed by atoms with Gasteiger partial charge in [-0.15, -0.1) is 0 Å². The van der Waals surface area contributed by atoms with Crippen LogP contribution >= 0.6 is 11.3 Å². The Morgan fingerprint density at radius 1 is 1.53 bits per heavy atom. The summed E-state index contributed by atoms with van der Waals surface area (Å²) in [5, 5.41) is 8.43. The molecule has 2 aromatic rings. The number of thiophene rings is 1. The van der Waals surface area contributed by atoms with Crippen molar-refractivity contribution in [2.24, 2.45) is 0 Å². The van der Waals surface area contributed by atoms with Crippen LogP contribution in [-0.4, -0.2) is 21.6 Å². The molecule has 1 atom stereocenters. The summed E-state index contributed by atoms with van der Waals surface area (Å²) in [4.78, 5) is 6.91. The maximum atomic E-state index is 5.34. The zero-order valence-corrected chi connectivity index (χ0v) is 12.0. The number of aromatic nitrogens is 2. The van der Waals surface area contributed by atoms with Crippen molar-refractivity contribution >= 4 is 11.3 Å². The standard InChI is InChI=1S/C14H19N3OS/c1-2-4-13-15-14(18-16-13)9-17-7-3-5-12(17)11-6-8-19-10-11/h6,8,10,12H,2-5,7,9H2,1H3/t12-/m0/s1. The predicted molar refractivity (Wildman–Crippen MR) is 75.0 cm³/mol. The van der Waals surface area contributed by atoms with Gasteiger partial charge in [-0.25, -0.2) is 0 Å². The molecule has 1 saturated heterocycles. The van der Waals surface area contributed by atoms with Crippen LogP contribution in [-0.2, 0) is 13.0 Å². The van der Waals surface area contributed by atoms with Crippen molar-refractivity contribution in [2.75, 3.05) is 6.54 Å². The third-order valence-corrected chi connectivity index (χ3v) is 4.32. The van der Waals surface area contributed by atoms with Gasteiger partial charge in [0.15, 0.2) is 5.82 Å².